The predicted molar refractivity (Wildman–Crippen MR) is 75.5 cm³/mol. The van der Waals surface area contributed by atoms with Gasteiger partial charge in [-0.2, -0.15) is 13.9 Å². The van der Waals surface area contributed by atoms with E-state index in [1.54, 1.807) is 10.9 Å². The summed E-state index contributed by atoms with van der Waals surface area (Å²) in [5, 5.41) is 14.0. The molecule has 5 nitrogen and oxygen atoms in total. The number of rotatable bonds is 3. The van der Waals surface area contributed by atoms with Crippen molar-refractivity contribution in [3.63, 3.8) is 0 Å². The van der Waals surface area contributed by atoms with Gasteiger partial charge in [-0.1, -0.05) is 0 Å². The van der Waals surface area contributed by atoms with Crippen LogP contribution in [0.5, 0.6) is 0 Å². The lowest BCUT2D eigenvalue weighted by Crippen LogP contribution is -2.62. The van der Waals surface area contributed by atoms with E-state index >= 15 is 0 Å². The van der Waals surface area contributed by atoms with Crippen molar-refractivity contribution in [3.8, 4) is 0 Å². The Morgan fingerprint density at radius 2 is 2.05 bits per heavy atom. The number of nitrogens with zero attached hydrogens (tertiary/aromatic N) is 3. The lowest BCUT2D eigenvalue weighted by atomic mass is 9.74. The Hall–Kier alpha value is -1.50. The highest BCUT2D eigenvalue weighted by atomic mass is 19.3. The first-order chi connectivity index (χ1) is 10.3. The van der Waals surface area contributed by atoms with Crippen LogP contribution >= 0.6 is 0 Å². The molecule has 0 aromatic carbocycles. The van der Waals surface area contributed by atoms with E-state index in [1.165, 1.54) is 4.90 Å². The third-order valence-corrected chi connectivity index (χ3v) is 5.01. The summed E-state index contributed by atoms with van der Waals surface area (Å²) < 4.78 is 30.1. The van der Waals surface area contributed by atoms with Gasteiger partial charge in [-0.15, -0.1) is 0 Å². The maximum Gasteiger partial charge on any atom is 0.352 e. The molecule has 0 radical (unpaired) electrons. The van der Waals surface area contributed by atoms with Gasteiger partial charge in [-0.05, 0) is 43.6 Å². The van der Waals surface area contributed by atoms with Crippen LogP contribution < -0.4 is 0 Å². The Labute approximate surface area is 127 Å². The average molecular weight is 313 g/mol. The van der Waals surface area contributed by atoms with Gasteiger partial charge in [-0.3, -0.25) is 9.48 Å². The topological polar surface area (TPSA) is 58.4 Å². The Kier molecular flexibility index (Phi) is 3.71. The normalized spacial score (nSPS) is 22.5. The maximum absolute atomic E-state index is 14.2. The summed E-state index contributed by atoms with van der Waals surface area (Å²) in [5.74, 6) is -4.65. The summed E-state index contributed by atoms with van der Waals surface area (Å²) >= 11 is 0. The van der Waals surface area contributed by atoms with Crippen molar-refractivity contribution in [2.75, 3.05) is 13.1 Å². The molecular weight excluding hydrogens is 292 g/mol. The minimum Gasteiger partial charge on any atom is -0.383 e. The molecule has 1 aromatic heterocycles. The van der Waals surface area contributed by atoms with E-state index < -0.39 is 17.4 Å². The Bertz CT molecular complexity index is 561. The van der Waals surface area contributed by atoms with Crippen LogP contribution in [-0.2, 0) is 11.8 Å². The van der Waals surface area contributed by atoms with Crippen molar-refractivity contribution in [1.82, 2.24) is 14.7 Å². The smallest absolute Gasteiger partial charge is 0.352 e. The fourth-order valence-corrected chi connectivity index (χ4v) is 3.29. The highest BCUT2D eigenvalue weighted by Crippen LogP contribution is 2.45. The third-order valence-electron chi connectivity index (χ3n) is 5.01. The van der Waals surface area contributed by atoms with E-state index in [1.807, 2.05) is 13.2 Å². The number of aliphatic hydroxyl groups is 1. The number of aryl methyl sites for hydroxylation is 1. The Balaban J connectivity index is 1.62. The van der Waals surface area contributed by atoms with E-state index in [9.17, 15) is 18.7 Å². The van der Waals surface area contributed by atoms with Crippen LogP contribution in [0.1, 0.15) is 43.6 Å². The molecule has 1 amide bonds. The molecule has 0 bridgehead atoms. The van der Waals surface area contributed by atoms with Crippen molar-refractivity contribution in [1.29, 1.82) is 0 Å². The molecule has 1 aliphatic carbocycles. The van der Waals surface area contributed by atoms with Crippen LogP contribution in [-0.4, -0.2) is 50.3 Å². The zero-order valence-corrected chi connectivity index (χ0v) is 12.6. The van der Waals surface area contributed by atoms with Crippen LogP contribution in [0.25, 0.3) is 0 Å². The van der Waals surface area contributed by atoms with Gasteiger partial charge in [0.25, 0.3) is 5.91 Å². The summed E-state index contributed by atoms with van der Waals surface area (Å²) in [4.78, 5) is 13.3. The van der Waals surface area contributed by atoms with E-state index in [0.29, 0.717) is 32.4 Å². The van der Waals surface area contributed by atoms with Crippen molar-refractivity contribution in [2.45, 2.75) is 49.5 Å². The number of piperidine rings is 1. The van der Waals surface area contributed by atoms with E-state index in [0.717, 1.165) is 5.56 Å². The SMILES string of the molecule is Cn1cc(C2CCN(C(=O)C(F)(F)C3(O)CCC3)CC2)cn1. The number of hydrogen-bond acceptors (Lipinski definition) is 3. The standard InChI is InChI=1S/C15H21F2N3O2/c1-19-10-12(9-18-19)11-3-7-20(8-4-11)13(21)15(16,17)14(22)5-2-6-14/h9-11,22H,2-8H2,1H3. The Morgan fingerprint density at radius 1 is 1.41 bits per heavy atom. The number of alkyl halides is 2. The summed E-state index contributed by atoms with van der Waals surface area (Å²) in [6, 6.07) is 0. The molecule has 0 spiro atoms. The van der Waals surface area contributed by atoms with Gasteiger partial charge in [0.15, 0.2) is 0 Å². The average Bonchev–Trinajstić information content (AvgIpc) is 2.90. The number of halogens is 2. The molecule has 7 heteroatoms. The fourth-order valence-electron chi connectivity index (χ4n) is 3.29. The third kappa shape index (κ3) is 2.41. The first-order valence-electron chi connectivity index (χ1n) is 7.71. The second kappa shape index (κ2) is 5.30. The van der Waals surface area contributed by atoms with Crippen LogP contribution in [0.2, 0.25) is 0 Å². The molecule has 1 saturated heterocycles. The highest BCUT2D eigenvalue weighted by molar-refractivity contribution is 5.85. The van der Waals surface area contributed by atoms with Gasteiger partial charge >= 0.3 is 5.92 Å². The fraction of sp³-hybridized carbons (Fsp3) is 0.733. The molecule has 1 saturated carbocycles. The lowest BCUT2D eigenvalue weighted by Gasteiger charge is -2.44. The van der Waals surface area contributed by atoms with Gasteiger partial charge in [0.2, 0.25) is 0 Å². The van der Waals surface area contributed by atoms with E-state index in [2.05, 4.69) is 5.10 Å². The molecule has 1 aliphatic heterocycles. The first kappa shape index (κ1) is 15.4. The molecule has 0 unspecified atom stereocenters. The zero-order valence-electron chi connectivity index (χ0n) is 12.6. The molecule has 2 heterocycles. The molecule has 1 aromatic rings. The second-order valence-electron chi connectivity index (χ2n) is 6.47. The molecule has 1 N–H and O–H groups in total. The van der Waals surface area contributed by atoms with Gasteiger partial charge in [-0.25, -0.2) is 0 Å². The van der Waals surface area contributed by atoms with Crippen LogP contribution in [0, 0.1) is 0 Å². The molecule has 22 heavy (non-hydrogen) atoms. The number of hydrogen-bond donors (Lipinski definition) is 1. The number of likely N-dealkylation sites (tertiary alicyclic amines) is 1. The minimum absolute atomic E-state index is 0.00209. The molecular formula is C15H21F2N3O2. The maximum atomic E-state index is 14.2. The highest BCUT2D eigenvalue weighted by Gasteiger charge is 2.62. The van der Waals surface area contributed by atoms with Gasteiger partial charge in [0.05, 0.1) is 6.20 Å². The van der Waals surface area contributed by atoms with Crippen molar-refractivity contribution in [2.24, 2.45) is 7.05 Å². The molecule has 2 aliphatic rings. The quantitative estimate of drug-likeness (QED) is 0.923. The van der Waals surface area contributed by atoms with Crippen molar-refractivity contribution < 1.29 is 18.7 Å². The summed E-state index contributed by atoms with van der Waals surface area (Å²) in [5.41, 5.74) is -1.05. The lowest BCUT2D eigenvalue weighted by molar-refractivity contribution is -0.224. The zero-order chi connectivity index (χ0) is 16.0. The summed E-state index contributed by atoms with van der Waals surface area (Å²) in [6.45, 7) is 0.591. The van der Waals surface area contributed by atoms with Crippen molar-refractivity contribution >= 4 is 5.91 Å². The monoisotopic (exact) mass is 313 g/mol. The van der Waals surface area contributed by atoms with Crippen LogP contribution in [0.4, 0.5) is 8.78 Å². The van der Waals surface area contributed by atoms with Gasteiger partial charge in [0.1, 0.15) is 5.60 Å². The van der Waals surface area contributed by atoms with Crippen LogP contribution in [0.3, 0.4) is 0 Å². The molecule has 2 fully saturated rings. The molecule has 3 rings (SSSR count). The van der Waals surface area contributed by atoms with Gasteiger partial charge in [0, 0.05) is 26.3 Å². The summed E-state index contributed by atoms with van der Waals surface area (Å²) in [6.07, 6.45) is 5.54. The number of carbonyl (C=O) groups is 1. The minimum atomic E-state index is -3.67. The Morgan fingerprint density at radius 3 is 2.50 bits per heavy atom. The molecule has 0 atom stereocenters. The predicted octanol–water partition coefficient (Wildman–Crippen LogP) is 1.68. The number of carbonyl (C=O) groups excluding carboxylic acids is 1. The summed E-state index contributed by atoms with van der Waals surface area (Å²) in [7, 11) is 1.84. The molecule has 122 valence electrons. The second-order valence-corrected chi connectivity index (χ2v) is 6.47. The van der Waals surface area contributed by atoms with E-state index in [-0.39, 0.29) is 18.8 Å². The van der Waals surface area contributed by atoms with Gasteiger partial charge < -0.3 is 10.0 Å². The largest absolute Gasteiger partial charge is 0.383 e. The first-order valence-corrected chi connectivity index (χ1v) is 7.71. The number of aromatic nitrogens is 2. The van der Waals surface area contributed by atoms with Crippen LogP contribution in [0.15, 0.2) is 12.4 Å². The number of amides is 1. The van der Waals surface area contributed by atoms with E-state index in [4.69, 9.17) is 0 Å². The van der Waals surface area contributed by atoms with Crippen molar-refractivity contribution in [3.05, 3.63) is 18.0 Å².